The second-order valence-corrected chi connectivity index (χ2v) is 8.16. The molecule has 2 aromatic heterocycles. The smallest absolute Gasteiger partial charge is 0.0755 e. The van der Waals surface area contributed by atoms with E-state index in [9.17, 15) is 0 Å². The molecule has 0 bridgehead atoms. The van der Waals surface area contributed by atoms with Crippen molar-refractivity contribution in [1.82, 2.24) is 15.0 Å². The largest absolute Gasteiger partial charge is 0.304 e. The van der Waals surface area contributed by atoms with Crippen LogP contribution in [0.1, 0.15) is 11.1 Å². The van der Waals surface area contributed by atoms with Crippen LogP contribution in [0.5, 0.6) is 0 Å². The van der Waals surface area contributed by atoms with Gasteiger partial charge in [-0.2, -0.15) is 0 Å². The first-order valence-corrected chi connectivity index (χ1v) is 11.2. The van der Waals surface area contributed by atoms with Crippen LogP contribution >= 0.6 is 0 Å². The van der Waals surface area contributed by atoms with Gasteiger partial charge in [-0.15, -0.1) is 71.8 Å². The average Bonchev–Trinajstić information content (AvgIpc) is 2.90. The number of fused-ring (bicyclic) bond motifs is 2. The zero-order valence-corrected chi connectivity index (χ0v) is 21.9. The molecule has 0 fully saturated rings. The Hall–Kier alpha value is -3.72. The number of benzene rings is 4. The molecule has 0 aliphatic heterocycles. The summed E-state index contributed by atoms with van der Waals surface area (Å²) in [6, 6.07) is 36.6. The molecule has 0 aliphatic carbocycles. The van der Waals surface area contributed by atoms with Gasteiger partial charge in [-0.05, 0) is 48.0 Å². The molecule has 4 aromatic carbocycles. The summed E-state index contributed by atoms with van der Waals surface area (Å²) in [4.78, 5) is 13.5. The molecule has 0 atom stereocenters. The van der Waals surface area contributed by atoms with E-state index in [1.165, 1.54) is 21.9 Å². The molecule has 4 heteroatoms. The van der Waals surface area contributed by atoms with Crippen molar-refractivity contribution in [3.05, 3.63) is 127 Å². The van der Waals surface area contributed by atoms with E-state index in [1.807, 2.05) is 73.1 Å². The van der Waals surface area contributed by atoms with Crippen LogP contribution in [0.3, 0.4) is 0 Å². The molecule has 35 heavy (non-hydrogen) atoms. The van der Waals surface area contributed by atoms with Gasteiger partial charge in [0.25, 0.3) is 0 Å². The molecule has 0 aliphatic rings. The molecule has 0 unspecified atom stereocenters. The second kappa shape index (κ2) is 11.1. The van der Waals surface area contributed by atoms with E-state index in [2.05, 4.69) is 71.3 Å². The summed E-state index contributed by atoms with van der Waals surface area (Å²) in [7, 11) is 0. The van der Waals surface area contributed by atoms with E-state index in [1.54, 1.807) is 0 Å². The van der Waals surface area contributed by atoms with Crippen LogP contribution in [0.15, 0.2) is 103 Å². The van der Waals surface area contributed by atoms with Gasteiger partial charge in [0.1, 0.15) is 0 Å². The number of rotatable bonds is 2. The number of nitrogens with zero attached hydrogens (tertiary/aromatic N) is 3. The van der Waals surface area contributed by atoms with Gasteiger partial charge in [-0.25, -0.2) is 0 Å². The molecule has 173 valence electrons. The minimum absolute atomic E-state index is 0. The predicted octanol–water partition coefficient (Wildman–Crippen LogP) is 7.41. The Morgan fingerprint density at radius 3 is 1.91 bits per heavy atom. The Kier molecular flexibility index (Phi) is 7.77. The van der Waals surface area contributed by atoms with Crippen LogP contribution in [0, 0.1) is 26.0 Å². The predicted molar refractivity (Wildman–Crippen MR) is 139 cm³/mol. The Bertz CT molecular complexity index is 1570. The Labute approximate surface area is 219 Å². The van der Waals surface area contributed by atoms with Crippen molar-refractivity contribution in [2.24, 2.45) is 0 Å². The van der Waals surface area contributed by atoms with Crippen molar-refractivity contribution in [3.8, 4) is 22.6 Å². The van der Waals surface area contributed by atoms with Crippen LogP contribution in [-0.4, -0.2) is 15.0 Å². The molecule has 2 heterocycles. The number of hydrogen-bond donors (Lipinski definition) is 0. The van der Waals surface area contributed by atoms with E-state index < -0.39 is 0 Å². The van der Waals surface area contributed by atoms with Crippen LogP contribution in [-0.2, 0) is 20.1 Å². The quantitative estimate of drug-likeness (QED) is 0.148. The maximum atomic E-state index is 4.65. The summed E-state index contributed by atoms with van der Waals surface area (Å²) >= 11 is 0. The minimum Gasteiger partial charge on any atom is -0.304 e. The molecule has 0 saturated heterocycles. The van der Waals surface area contributed by atoms with E-state index >= 15 is 0 Å². The van der Waals surface area contributed by atoms with Crippen molar-refractivity contribution < 1.29 is 20.1 Å². The van der Waals surface area contributed by atoms with Gasteiger partial charge >= 0.3 is 0 Å². The molecule has 0 N–H and O–H groups in total. The van der Waals surface area contributed by atoms with Crippen molar-refractivity contribution in [2.45, 2.75) is 13.8 Å². The summed E-state index contributed by atoms with van der Waals surface area (Å²) in [5.74, 6) is 0.716. The van der Waals surface area contributed by atoms with E-state index in [0.717, 1.165) is 27.7 Å². The van der Waals surface area contributed by atoms with Gasteiger partial charge < -0.3 is 4.98 Å². The van der Waals surface area contributed by atoms with Gasteiger partial charge in [0.15, 0.2) is 0 Å². The first kappa shape index (κ1) is 24.4. The number of aryl methyl sites for hydroxylation is 2. The summed E-state index contributed by atoms with van der Waals surface area (Å²) in [5, 5.41) is 3.47. The van der Waals surface area contributed by atoms with E-state index in [4.69, 9.17) is 0 Å². The Morgan fingerprint density at radius 1 is 0.600 bits per heavy atom. The molecule has 0 amide bonds. The summed E-state index contributed by atoms with van der Waals surface area (Å²) < 4.78 is 0. The molecular weight excluding hydrogens is 607 g/mol. The first-order valence-electron chi connectivity index (χ1n) is 11.2. The van der Waals surface area contributed by atoms with Crippen LogP contribution in [0.2, 0.25) is 0 Å². The number of aromatic nitrogens is 3. The molecule has 6 aromatic rings. The fraction of sp³-hybridized carbons (Fsp3) is 0.0645. The third-order valence-corrected chi connectivity index (χ3v) is 5.75. The van der Waals surface area contributed by atoms with Crippen molar-refractivity contribution >= 4 is 21.7 Å². The third-order valence-electron chi connectivity index (χ3n) is 5.75. The normalized spacial score (nSPS) is 10.3. The van der Waals surface area contributed by atoms with Crippen LogP contribution < -0.4 is 0 Å². The topological polar surface area (TPSA) is 38.7 Å². The Balaban J connectivity index is 0.000000171. The standard InChI is InChI=1S/C18H11N2.C13H12N.Ir/c1-2-6-13(7-3-1)18-19-12-16-10-14-8-4-5-9-15(14)11-17(16)20-18;1-10-8-13(14-9-11(10)2)12-6-4-3-5-7-12;/h1-6,8-12H;3-6,8-9H,1-2H3;/q2*-1;. The minimum atomic E-state index is 0. The van der Waals surface area contributed by atoms with Gasteiger partial charge in [0, 0.05) is 37.9 Å². The zero-order chi connectivity index (χ0) is 23.3. The van der Waals surface area contributed by atoms with Crippen LogP contribution in [0.4, 0.5) is 0 Å². The van der Waals surface area contributed by atoms with Crippen molar-refractivity contribution in [3.63, 3.8) is 0 Å². The van der Waals surface area contributed by atoms with Crippen LogP contribution in [0.25, 0.3) is 44.3 Å². The Morgan fingerprint density at radius 2 is 1.26 bits per heavy atom. The molecule has 3 nitrogen and oxygen atoms in total. The maximum absolute atomic E-state index is 4.65. The molecular formula is C31H23IrN3-2. The number of hydrogen-bond acceptors (Lipinski definition) is 3. The van der Waals surface area contributed by atoms with Crippen molar-refractivity contribution in [2.75, 3.05) is 0 Å². The van der Waals surface area contributed by atoms with Gasteiger partial charge in [-0.3, -0.25) is 9.97 Å². The van der Waals surface area contributed by atoms with Gasteiger partial charge in [-0.1, -0.05) is 35.9 Å². The van der Waals surface area contributed by atoms with Gasteiger partial charge in [0.05, 0.1) is 11.3 Å². The fourth-order valence-corrected chi connectivity index (χ4v) is 3.71. The molecule has 6 rings (SSSR count). The zero-order valence-electron chi connectivity index (χ0n) is 19.5. The number of pyridine rings is 1. The first-order chi connectivity index (χ1) is 16.7. The maximum Gasteiger partial charge on any atom is 0.0755 e. The molecule has 1 radical (unpaired) electrons. The monoisotopic (exact) mass is 630 g/mol. The summed E-state index contributed by atoms with van der Waals surface area (Å²) in [5.41, 5.74) is 6.43. The van der Waals surface area contributed by atoms with Crippen molar-refractivity contribution in [1.29, 1.82) is 0 Å². The molecule has 0 saturated carbocycles. The third kappa shape index (κ3) is 5.68. The molecule has 0 spiro atoms. The summed E-state index contributed by atoms with van der Waals surface area (Å²) in [6.07, 6.45) is 3.79. The average molecular weight is 630 g/mol. The van der Waals surface area contributed by atoms with Gasteiger partial charge in [0.2, 0.25) is 0 Å². The summed E-state index contributed by atoms with van der Waals surface area (Å²) in [6.45, 7) is 4.17. The second-order valence-electron chi connectivity index (χ2n) is 8.16. The van der Waals surface area contributed by atoms with E-state index in [-0.39, 0.29) is 20.1 Å². The van der Waals surface area contributed by atoms with E-state index in [0.29, 0.717) is 5.82 Å². The fourth-order valence-electron chi connectivity index (χ4n) is 3.71. The SMILES string of the molecule is Cc1cnc(-c2[c-]cccc2)cc1C.[Ir].[c-]1ccccc1-c1ncc2cc3ccccc3cc2n1.